The van der Waals surface area contributed by atoms with E-state index in [2.05, 4.69) is 9.97 Å². The second-order valence-corrected chi connectivity index (χ2v) is 11.9. The molecule has 0 saturated heterocycles. The maximum atomic E-state index is 14.1. The van der Waals surface area contributed by atoms with Gasteiger partial charge in [-0.15, -0.1) is 0 Å². The van der Waals surface area contributed by atoms with Gasteiger partial charge in [0.05, 0.1) is 48.9 Å². The van der Waals surface area contributed by atoms with Crippen molar-refractivity contribution in [1.82, 2.24) is 9.97 Å². The number of carbonyl (C=O) groups is 1. The van der Waals surface area contributed by atoms with Crippen molar-refractivity contribution in [3.8, 4) is 28.7 Å². The zero-order valence-corrected chi connectivity index (χ0v) is 30.6. The first kappa shape index (κ1) is 41.1. The van der Waals surface area contributed by atoms with Gasteiger partial charge in [-0.25, -0.2) is 9.97 Å². The summed E-state index contributed by atoms with van der Waals surface area (Å²) in [4.78, 5) is 20.6. The Labute approximate surface area is 313 Å². The van der Waals surface area contributed by atoms with Gasteiger partial charge in [0.1, 0.15) is 5.75 Å². The van der Waals surface area contributed by atoms with Crippen molar-refractivity contribution < 1.29 is 75.3 Å². The summed E-state index contributed by atoms with van der Waals surface area (Å²) < 4.78 is 94.7. The molecule has 0 saturated carbocycles. The van der Waals surface area contributed by atoms with Crippen molar-refractivity contribution in [3.05, 3.63) is 99.9 Å². The van der Waals surface area contributed by atoms with Crippen LogP contribution in [0.2, 0.25) is 0 Å². The van der Waals surface area contributed by atoms with Crippen LogP contribution in [0, 0.1) is 18.3 Å². The molecule has 0 unspecified atom stereocenters. The summed E-state index contributed by atoms with van der Waals surface area (Å²) in [5.41, 5.74) is 0.659. The average molecular weight is 723 g/mol. The zero-order valence-electron chi connectivity index (χ0n) is 28.6. The van der Waals surface area contributed by atoms with Crippen molar-refractivity contribution in [2.75, 3.05) is 18.6 Å². The second kappa shape index (κ2) is 17.3. The number of carboxylic acids is 1. The average Bonchev–Trinajstić information content (AvgIpc) is 3.05. The Hall–Kier alpha value is -4.32. The van der Waals surface area contributed by atoms with Gasteiger partial charge in [0.25, 0.3) is 0 Å². The van der Waals surface area contributed by atoms with Crippen LogP contribution in [0.1, 0.15) is 71.6 Å². The molecular formula is C36H33F6N4NaO4. The van der Waals surface area contributed by atoms with E-state index < -0.39 is 29.4 Å². The van der Waals surface area contributed by atoms with Crippen LogP contribution in [0.4, 0.5) is 32.3 Å². The predicted molar refractivity (Wildman–Crippen MR) is 170 cm³/mol. The SMILES string of the molecule is COc1cc(C)c(C(C)C)cc1-c1ccc(C(F)(F)F)cc1CN(Cc1cc(C#N)cc(C(F)(F)F)c1)c1ncc(OCCCC(=O)[O-])cn1.[Na+]. The summed E-state index contributed by atoms with van der Waals surface area (Å²) in [6.45, 7) is 5.22. The molecule has 0 fully saturated rings. The van der Waals surface area contributed by atoms with E-state index in [-0.39, 0.29) is 96.4 Å². The second-order valence-electron chi connectivity index (χ2n) is 11.9. The Bertz CT molecular complexity index is 1880. The van der Waals surface area contributed by atoms with Crippen LogP contribution in [-0.4, -0.2) is 29.7 Å². The maximum absolute atomic E-state index is 14.1. The molecule has 0 spiro atoms. The largest absolute Gasteiger partial charge is 1.00 e. The van der Waals surface area contributed by atoms with Gasteiger partial charge in [0.2, 0.25) is 5.95 Å². The van der Waals surface area contributed by atoms with Gasteiger partial charge in [-0.05, 0) is 96.0 Å². The van der Waals surface area contributed by atoms with E-state index >= 15 is 0 Å². The number of aliphatic carboxylic acids is 1. The molecule has 51 heavy (non-hydrogen) atoms. The number of aromatic nitrogens is 2. The van der Waals surface area contributed by atoms with E-state index in [1.54, 1.807) is 12.1 Å². The molecule has 3 aromatic carbocycles. The molecule has 0 aliphatic rings. The molecule has 264 valence electrons. The zero-order chi connectivity index (χ0) is 36.8. The number of ether oxygens (including phenoxy) is 2. The van der Waals surface area contributed by atoms with Gasteiger partial charge in [-0.3, -0.25) is 0 Å². The van der Waals surface area contributed by atoms with Crippen molar-refractivity contribution in [2.45, 2.75) is 65.0 Å². The third-order valence-corrected chi connectivity index (χ3v) is 7.81. The number of carboxylic acid groups (broad SMARTS) is 1. The van der Waals surface area contributed by atoms with E-state index in [1.165, 1.54) is 36.5 Å². The van der Waals surface area contributed by atoms with Crippen LogP contribution in [0.25, 0.3) is 11.1 Å². The molecular weight excluding hydrogens is 689 g/mol. The van der Waals surface area contributed by atoms with Gasteiger partial charge in [0, 0.05) is 24.6 Å². The fraction of sp³-hybridized carbons (Fsp3) is 0.333. The number of rotatable bonds is 13. The van der Waals surface area contributed by atoms with Crippen molar-refractivity contribution >= 4 is 11.9 Å². The van der Waals surface area contributed by atoms with Gasteiger partial charge >= 0.3 is 41.9 Å². The fourth-order valence-electron chi connectivity index (χ4n) is 5.45. The minimum Gasteiger partial charge on any atom is -0.550 e. The summed E-state index contributed by atoms with van der Waals surface area (Å²) in [5, 5.41) is 20.2. The van der Waals surface area contributed by atoms with Gasteiger partial charge in [-0.2, -0.15) is 31.6 Å². The van der Waals surface area contributed by atoms with Crippen LogP contribution < -0.4 is 49.0 Å². The number of aryl methyl sites for hydroxylation is 1. The summed E-state index contributed by atoms with van der Waals surface area (Å²) in [6, 6.07) is 11.4. The smallest absolute Gasteiger partial charge is 0.550 e. The molecule has 4 rings (SSSR count). The summed E-state index contributed by atoms with van der Waals surface area (Å²) >= 11 is 0. The first-order valence-corrected chi connectivity index (χ1v) is 15.4. The van der Waals surface area contributed by atoms with E-state index in [4.69, 9.17) is 9.47 Å². The molecule has 0 amide bonds. The monoisotopic (exact) mass is 722 g/mol. The first-order valence-electron chi connectivity index (χ1n) is 15.4. The number of nitrogens with zero attached hydrogens (tertiary/aromatic N) is 4. The number of halogens is 6. The van der Waals surface area contributed by atoms with E-state index in [1.807, 2.05) is 26.8 Å². The molecule has 0 bridgehead atoms. The molecule has 0 aliphatic carbocycles. The Balaban J connectivity index is 0.00000702. The number of hydrogen-bond acceptors (Lipinski definition) is 8. The third-order valence-electron chi connectivity index (χ3n) is 7.81. The topological polar surface area (TPSA) is 111 Å². The van der Waals surface area contributed by atoms with Crippen LogP contribution in [-0.2, 0) is 30.2 Å². The van der Waals surface area contributed by atoms with Crippen LogP contribution in [0.3, 0.4) is 0 Å². The maximum Gasteiger partial charge on any atom is 1.00 e. The minimum absolute atomic E-state index is 0. The van der Waals surface area contributed by atoms with Crippen LogP contribution >= 0.6 is 0 Å². The molecule has 0 atom stereocenters. The molecule has 0 aliphatic heterocycles. The van der Waals surface area contributed by atoms with Crippen LogP contribution in [0.15, 0.2) is 60.9 Å². The van der Waals surface area contributed by atoms with Crippen LogP contribution in [0.5, 0.6) is 11.5 Å². The molecule has 0 radical (unpaired) electrons. The quantitative estimate of drug-likeness (QED) is 0.112. The third kappa shape index (κ3) is 10.8. The molecule has 4 aromatic rings. The summed E-state index contributed by atoms with van der Waals surface area (Å²) in [5.74, 6) is -0.678. The normalized spacial score (nSPS) is 11.5. The molecule has 8 nitrogen and oxygen atoms in total. The summed E-state index contributed by atoms with van der Waals surface area (Å²) in [7, 11) is 1.44. The number of benzene rings is 3. The molecule has 1 aromatic heterocycles. The van der Waals surface area contributed by atoms with Crippen molar-refractivity contribution in [2.24, 2.45) is 0 Å². The Morgan fingerprint density at radius 2 is 1.61 bits per heavy atom. The Morgan fingerprint density at radius 3 is 2.18 bits per heavy atom. The number of carbonyl (C=O) groups excluding carboxylic acids is 1. The molecule has 15 heteroatoms. The first-order chi connectivity index (χ1) is 23.5. The molecule has 0 N–H and O–H groups in total. The molecule has 1 heterocycles. The van der Waals surface area contributed by atoms with E-state index in [9.17, 15) is 41.5 Å². The standard InChI is InChI=1S/C36H34F6N4O4.Na/c1-21(2)30-15-31(32(49-4)10-22(30)3)29-8-7-26(35(37,38)39)14-25(29)20-46(19-24-11-23(16-43)12-27(13-24)36(40,41)42)34-44-17-28(18-45-34)50-9-5-6-33(47)48;/h7-8,10-15,17-18,21H,5-6,9,19-20H2,1-4H3,(H,47,48);/q;+1/p-1. The van der Waals surface area contributed by atoms with Gasteiger partial charge < -0.3 is 24.3 Å². The predicted octanol–water partition coefficient (Wildman–Crippen LogP) is 4.61. The van der Waals surface area contributed by atoms with Crippen molar-refractivity contribution in [1.29, 1.82) is 5.26 Å². The Morgan fingerprint density at radius 1 is 0.941 bits per heavy atom. The number of hydrogen-bond donors (Lipinski definition) is 0. The van der Waals surface area contributed by atoms with Gasteiger partial charge in [0.15, 0.2) is 5.75 Å². The van der Waals surface area contributed by atoms with Gasteiger partial charge in [-0.1, -0.05) is 19.9 Å². The number of methoxy groups -OCH3 is 1. The fourth-order valence-corrected chi connectivity index (χ4v) is 5.45. The number of nitriles is 1. The number of alkyl halides is 6. The van der Waals surface area contributed by atoms with Crippen molar-refractivity contribution in [3.63, 3.8) is 0 Å². The number of anilines is 1. The van der Waals surface area contributed by atoms with E-state index in [0.717, 1.165) is 29.3 Å². The summed E-state index contributed by atoms with van der Waals surface area (Å²) in [6.07, 6.45) is -7.07. The Kier molecular flexibility index (Phi) is 13.9. The minimum atomic E-state index is -4.77. The van der Waals surface area contributed by atoms with E-state index in [0.29, 0.717) is 22.9 Å².